The highest BCUT2D eigenvalue weighted by molar-refractivity contribution is 6.11. The van der Waals surface area contributed by atoms with Crippen LogP contribution in [0.15, 0.2) is 60.9 Å². The summed E-state index contributed by atoms with van der Waals surface area (Å²) < 4.78 is 0. The molecule has 7 nitrogen and oxygen atoms in total. The first-order valence-electron chi connectivity index (χ1n) is 10.1. The molecule has 0 aliphatic heterocycles. The van der Waals surface area contributed by atoms with Gasteiger partial charge in [-0.05, 0) is 67.7 Å². The highest BCUT2D eigenvalue weighted by Gasteiger charge is 2.15. The molecule has 7 heteroatoms. The average Bonchev–Trinajstić information content (AvgIpc) is 3.17. The van der Waals surface area contributed by atoms with Crippen LogP contribution < -0.4 is 10.2 Å². The number of amides is 1. The minimum absolute atomic E-state index is 0.250. The summed E-state index contributed by atoms with van der Waals surface area (Å²) in [5, 5.41) is 10.9. The lowest BCUT2D eigenvalue weighted by molar-refractivity contribution is 0.102. The molecule has 0 atom stereocenters. The van der Waals surface area contributed by atoms with Gasteiger partial charge in [-0.25, -0.2) is 0 Å². The number of hydrogen-bond acceptors (Lipinski definition) is 5. The van der Waals surface area contributed by atoms with Gasteiger partial charge in [0.2, 0.25) is 0 Å². The van der Waals surface area contributed by atoms with Crippen LogP contribution in [0.2, 0.25) is 0 Å². The Morgan fingerprint density at radius 3 is 2.45 bits per heavy atom. The number of benzene rings is 2. The van der Waals surface area contributed by atoms with Gasteiger partial charge in [-0.3, -0.25) is 14.9 Å². The van der Waals surface area contributed by atoms with Gasteiger partial charge in [-0.1, -0.05) is 6.07 Å². The maximum atomic E-state index is 12.9. The Balaban J connectivity index is 1.62. The fourth-order valence-electron chi connectivity index (χ4n) is 3.50. The minimum atomic E-state index is -0.250. The number of hydrogen-bond donors (Lipinski definition) is 2. The molecule has 4 aromatic rings. The summed E-state index contributed by atoms with van der Waals surface area (Å²) in [7, 11) is 8.02. The molecule has 0 saturated heterocycles. The molecule has 0 saturated carbocycles. The highest BCUT2D eigenvalue weighted by atomic mass is 16.1. The quantitative estimate of drug-likeness (QED) is 0.499. The summed E-state index contributed by atoms with van der Waals surface area (Å²) in [5.74, 6) is -0.250. The second kappa shape index (κ2) is 8.57. The maximum absolute atomic E-state index is 12.9. The van der Waals surface area contributed by atoms with Crippen LogP contribution in [0.25, 0.3) is 22.0 Å². The van der Waals surface area contributed by atoms with Crippen molar-refractivity contribution in [2.24, 2.45) is 0 Å². The monoisotopic (exact) mass is 414 g/mol. The molecule has 0 aliphatic rings. The Morgan fingerprint density at radius 2 is 1.74 bits per heavy atom. The SMILES string of the molecule is CN(C)Cc1cncc(-c2ccc3[nH]nc(C(=O)Nc4ccc(N(C)C)cc4)c3c2)c1. The van der Waals surface area contributed by atoms with Crippen molar-refractivity contribution >= 4 is 28.2 Å². The summed E-state index contributed by atoms with van der Waals surface area (Å²) in [6, 6.07) is 15.8. The smallest absolute Gasteiger partial charge is 0.276 e. The summed E-state index contributed by atoms with van der Waals surface area (Å²) in [4.78, 5) is 21.4. The van der Waals surface area contributed by atoms with Crippen LogP contribution in [-0.4, -0.2) is 54.2 Å². The molecule has 0 aliphatic carbocycles. The molecule has 2 aromatic carbocycles. The summed E-state index contributed by atoms with van der Waals surface area (Å²) in [6.45, 7) is 0.815. The van der Waals surface area contributed by atoms with Crippen molar-refractivity contribution in [3.8, 4) is 11.1 Å². The second-order valence-corrected chi connectivity index (χ2v) is 8.05. The maximum Gasteiger partial charge on any atom is 0.276 e. The second-order valence-electron chi connectivity index (χ2n) is 8.05. The molecule has 158 valence electrons. The van der Waals surface area contributed by atoms with E-state index in [1.807, 2.05) is 87.9 Å². The lowest BCUT2D eigenvalue weighted by atomic mass is 10.0. The lowest BCUT2D eigenvalue weighted by Gasteiger charge is -2.12. The number of aromatic amines is 1. The Labute approximate surface area is 181 Å². The van der Waals surface area contributed by atoms with Crippen molar-refractivity contribution in [2.45, 2.75) is 6.54 Å². The molecule has 2 aromatic heterocycles. The first kappa shape index (κ1) is 20.6. The number of pyridine rings is 1. The minimum Gasteiger partial charge on any atom is -0.378 e. The third-order valence-electron chi connectivity index (χ3n) is 5.05. The van der Waals surface area contributed by atoms with Gasteiger partial charge in [-0.2, -0.15) is 5.10 Å². The number of carbonyl (C=O) groups excluding carboxylic acids is 1. The highest BCUT2D eigenvalue weighted by Crippen LogP contribution is 2.26. The number of anilines is 2. The van der Waals surface area contributed by atoms with E-state index in [1.165, 1.54) is 0 Å². The Morgan fingerprint density at radius 1 is 0.968 bits per heavy atom. The number of rotatable bonds is 6. The molecule has 4 rings (SSSR count). The van der Waals surface area contributed by atoms with Gasteiger partial charge in [0, 0.05) is 55.4 Å². The number of fused-ring (bicyclic) bond motifs is 1. The first-order chi connectivity index (χ1) is 14.9. The summed E-state index contributed by atoms with van der Waals surface area (Å²) in [5.41, 5.74) is 6.11. The zero-order chi connectivity index (χ0) is 22.0. The molecule has 2 N–H and O–H groups in total. The van der Waals surface area contributed by atoms with Crippen LogP contribution in [0, 0.1) is 0 Å². The van der Waals surface area contributed by atoms with Crippen LogP contribution in [0.4, 0.5) is 11.4 Å². The van der Waals surface area contributed by atoms with E-state index in [0.29, 0.717) is 5.69 Å². The van der Waals surface area contributed by atoms with E-state index in [9.17, 15) is 4.79 Å². The van der Waals surface area contributed by atoms with Gasteiger partial charge < -0.3 is 15.1 Å². The van der Waals surface area contributed by atoms with Crippen molar-refractivity contribution in [3.05, 3.63) is 72.2 Å². The molecule has 31 heavy (non-hydrogen) atoms. The zero-order valence-electron chi connectivity index (χ0n) is 18.2. The average molecular weight is 415 g/mol. The molecular formula is C24H26N6O. The van der Waals surface area contributed by atoms with Crippen LogP contribution in [0.5, 0.6) is 0 Å². The number of H-pyrrole nitrogens is 1. The van der Waals surface area contributed by atoms with Crippen LogP contribution in [0.1, 0.15) is 16.1 Å². The van der Waals surface area contributed by atoms with Crippen molar-refractivity contribution in [1.82, 2.24) is 20.1 Å². The number of carbonyl (C=O) groups is 1. The predicted molar refractivity (Wildman–Crippen MR) is 125 cm³/mol. The van der Waals surface area contributed by atoms with Crippen LogP contribution in [0.3, 0.4) is 0 Å². The van der Waals surface area contributed by atoms with Crippen molar-refractivity contribution < 1.29 is 4.79 Å². The third-order valence-corrected chi connectivity index (χ3v) is 5.05. The van der Waals surface area contributed by atoms with E-state index in [2.05, 4.69) is 31.5 Å². The number of nitrogens with one attached hydrogen (secondary N) is 2. The molecule has 0 radical (unpaired) electrons. The van der Waals surface area contributed by atoms with Crippen LogP contribution in [-0.2, 0) is 6.54 Å². The van der Waals surface area contributed by atoms with Gasteiger partial charge in [0.1, 0.15) is 0 Å². The van der Waals surface area contributed by atoms with Crippen molar-refractivity contribution in [2.75, 3.05) is 38.4 Å². The summed E-state index contributed by atoms with van der Waals surface area (Å²) >= 11 is 0. The Hall–Kier alpha value is -3.71. The predicted octanol–water partition coefficient (Wildman–Crippen LogP) is 4.00. The number of aromatic nitrogens is 3. The van der Waals surface area contributed by atoms with E-state index in [1.54, 1.807) is 0 Å². The summed E-state index contributed by atoms with van der Waals surface area (Å²) in [6.07, 6.45) is 3.72. The third kappa shape index (κ3) is 4.57. The Kier molecular flexibility index (Phi) is 5.68. The van der Waals surface area contributed by atoms with Crippen LogP contribution >= 0.6 is 0 Å². The van der Waals surface area contributed by atoms with E-state index in [4.69, 9.17) is 0 Å². The fourth-order valence-corrected chi connectivity index (χ4v) is 3.50. The van der Waals surface area contributed by atoms with Gasteiger partial charge in [0.05, 0.1) is 5.52 Å². The lowest BCUT2D eigenvalue weighted by Crippen LogP contribution is -2.13. The van der Waals surface area contributed by atoms with Gasteiger partial charge in [0.15, 0.2) is 5.69 Å². The molecule has 0 bridgehead atoms. The Bertz CT molecular complexity index is 1210. The van der Waals surface area contributed by atoms with Crippen molar-refractivity contribution in [3.63, 3.8) is 0 Å². The van der Waals surface area contributed by atoms with Crippen molar-refractivity contribution in [1.29, 1.82) is 0 Å². The molecule has 0 spiro atoms. The van der Waals surface area contributed by atoms with Gasteiger partial charge in [-0.15, -0.1) is 0 Å². The standard InChI is InChI=1S/C24H26N6O/c1-29(2)15-16-11-18(14-25-13-16)17-5-10-22-21(12-17)23(28-27-22)24(31)26-19-6-8-20(9-7-19)30(3)4/h5-14H,15H2,1-4H3,(H,26,31)(H,27,28). The molecule has 2 heterocycles. The van der Waals surface area contributed by atoms with E-state index in [-0.39, 0.29) is 5.91 Å². The van der Waals surface area contributed by atoms with E-state index >= 15 is 0 Å². The normalized spacial score (nSPS) is 11.1. The fraction of sp³-hybridized carbons (Fsp3) is 0.208. The van der Waals surface area contributed by atoms with Gasteiger partial charge in [0.25, 0.3) is 5.91 Å². The first-order valence-corrected chi connectivity index (χ1v) is 10.1. The topological polar surface area (TPSA) is 77.1 Å². The molecule has 0 unspecified atom stereocenters. The largest absolute Gasteiger partial charge is 0.378 e. The van der Waals surface area contributed by atoms with E-state index in [0.717, 1.165) is 45.5 Å². The number of nitrogens with zero attached hydrogens (tertiary/aromatic N) is 4. The van der Waals surface area contributed by atoms with Gasteiger partial charge >= 0.3 is 0 Å². The molecule has 1 amide bonds. The molecule has 0 fully saturated rings. The zero-order valence-corrected chi connectivity index (χ0v) is 18.2. The molecular weight excluding hydrogens is 388 g/mol. The van der Waals surface area contributed by atoms with E-state index < -0.39 is 0 Å².